The van der Waals surface area contributed by atoms with Gasteiger partial charge in [-0.05, 0) is 13.8 Å². The van der Waals surface area contributed by atoms with Gasteiger partial charge in [-0.1, -0.05) is 0 Å². The summed E-state index contributed by atoms with van der Waals surface area (Å²) < 4.78 is 72.9. The minimum atomic E-state index is -2.17. The number of hydrogen-bond donors (Lipinski definition) is 1. The van der Waals surface area contributed by atoms with Crippen molar-refractivity contribution in [3.05, 3.63) is 29.1 Å². The highest BCUT2D eigenvalue weighted by Gasteiger charge is 2.37. The molecule has 21 heavy (non-hydrogen) atoms. The minimum absolute atomic E-state index is 0.0259. The average Bonchev–Trinajstić information content (AvgIpc) is 2.41. The van der Waals surface area contributed by atoms with E-state index in [-0.39, 0.29) is 19.6 Å². The van der Waals surface area contributed by atoms with Crippen molar-refractivity contribution in [3.8, 4) is 0 Å². The Morgan fingerprint density at radius 1 is 1.05 bits per heavy atom. The number of morpholine rings is 1. The van der Waals surface area contributed by atoms with E-state index in [0.717, 1.165) is 4.90 Å². The molecule has 1 fully saturated rings. The normalized spacial score (nSPS) is 21.7. The van der Waals surface area contributed by atoms with Crippen LogP contribution in [0.2, 0.25) is 0 Å². The molecule has 0 saturated carbocycles. The topological polar surface area (TPSA) is 38.5 Å². The van der Waals surface area contributed by atoms with Crippen molar-refractivity contribution in [1.82, 2.24) is 0 Å². The predicted molar refractivity (Wildman–Crippen MR) is 66.5 cm³/mol. The first-order valence-electron chi connectivity index (χ1n) is 6.32. The Morgan fingerprint density at radius 3 is 2.00 bits per heavy atom. The van der Waals surface area contributed by atoms with Crippen LogP contribution in [-0.2, 0) is 4.74 Å². The van der Waals surface area contributed by atoms with Crippen LogP contribution < -0.4 is 10.6 Å². The summed E-state index contributed by atoms with van der Waals surface area (Å²) in [5.41, 5.74) is 3.70. The molecule has 1 atom stereocenters. The summed E-state index contributed by atoms with van der Waals surface area (Å²) >= 11 is 0. The zero-order valence-electron chi connectivity index (χ0n) is 11.5. The van der Waals surface area contributed by atoms with Gasteiger partial charge in [0.2, 0.25) is 5.82 Å². The molecule has 3 nitrogen and oxygen atoms in total. The zero-order valence-corrected chi connectivity index (χ0v) is 11.5. The molecule has 118 valence electrons. The van der Waals surface area contributed by atoms with E-state index in [2.05, 4.69) is 0 Å². The molecule has 1 aliphatic heterocycles. The molecule has 1 saturated heterocycles. The van der Waals surface area contributed by atoms with E-state index >= 15 is 0 Å². The van der Waals surface area contributed by atoms with Crippen LogP contribution >= 0.6 is 0 Å². The number of nitrogens with zero attached hydrogens (tertiary/aromatic N) is 1. The SMILES string of the molecule is CC1(C)CN(c2c(F)c(F)c(F)c(F)c2F)CC(CN)O1. The Balaban J connectivity index is 2.51. The van der Waals surface area contributed by atoms with E-state index in [0.29, 0.717) is 0 Å². The molecule has 1 aliphatic rings. The molecule has 0 amide bonds. The van der Waals surface area contributed by atoms with Crippen LogP contribution in [0.5, 0.6) is 0 Å². The lowest BCUT2D eigenvalue weighted by Crippen LogP contribution is -2.55. The molecule has 1 unspecified atom stereocenters. The van der Waals surface area contributed by atoms with E-state index in [9.17, 15) is 22.0 Å². The Bertz CT molecular complexity index is 535. The van der Waals surface area contributed by atoms with Crippen LogP contribution in [0.3, 0.4) is 0 Å². The molecule has 1 aromatic carbocycles. The second-order valence-corrected chi connectivity index (χ2v) is 5.53. The Kier molecular flexibility index (Phi) is 4.12. The maximum atomic E-state index is 13.8. The number of anilines is 1. The summed E-state index contributed by atoms with van der Waals surface area (Å²) in [6, 6.07) is 0. The molecule has 0 aliphatic carbocycles. The van der Waals surface area contributed by atoms with Crippen molar-refractivity contribution >= 4 is 5.69 Å². The Hall–Kier alpha value is -1.41. The maximum Gasteiger partial charge on any atom is 0.200 e. The highest BCUT2D eigenvalue weighted by atomic mass is 19.2. The Morgan fingerprint density at radius 2 is 1.52 bits per heavy atom. The fourth-order valence-electron chi connectivity index (χ4n) is 2.46. The fraction of sp³-hybridized carbons (Fsp3) is 0.538. The second kappa shape index (κ2) is 5.42. The number of hydrogen-bond acceptors (Lipinski definition) is 3. The van der Waals surface area contributed by atoms with Gasteiger partial charge in [0.15, 0.2) is 23.3 Å². The number of nitrogens with two attached hydrogens (primary N) is 1. The third-order valence-electron chi connectivity index (χ3n) is 3.25. The molecule has 1 heterocycles. The quantitative estimate of drug-likeness (QED) is 0.518. The van der Waals surface area contributed by atoms with E-state index in [1.165, 1.54) is 0 Å². The highest BCUT2D eigenvalue weighted by Crippen LogP contribution is 2.33. The van der Waals surface area contributed by atoms with E-state index in [1.54, 1.807) is 13.8 Å². The Labute approximate surface area is 118 Å². The van der Waals surface area contributed by atoms with Gasteiger partial charge in [-0.3, -0.25) is 0 Å². The summed E-state index contributed by atoms with van der Waals surface area (Å²) in [6.45, 7) is 3.27. The molecule has 0 aromatic heterocycles. The zero-order chi connectivity index (χ0) is 15.9. The van der Waals surface area contributed by atoms with Gasteiger partial charge in [0, 0.05) is 19.6 Å². The minimum Gasteiger partial charge on any atom is -0.367 e. The van der Waals surface area contributed by atoms with E-state index in [4.69, 9.17) is 10.5 Å². The summed E-state index contributed by atoms with van der Waals surface area (Å²) in [4.78, 5) is 1.08. The van der Waals surface area contributed by atoms with Crippen molar-refractivity contribution in [3.63, 3.8) is 0 Å². The maximum absolute atomic E-state index is 13.8. The molecule has 0 spiro atoms. The van der Waals surface area contributed by atoms with Crippen molar-refractivity contribution < 1.29 is 26.7 Å². The number of rotatable bonds is 2. The largest absolute Gasteiger partial charge is 0.367 e. The lowest BCUT2D eigenvalue weighted by molar-refractivity contribution is -0.0791. The molecular formula is C13H15F5N2O. The van der Waals surface area contributed by atoms with E-state index in [1.807, 2.05) is 0 Å². The van der Waals surface area contributed by atoms with Crippen LogP contribution in [-0.4, -0.2) is 31.3 Å². The third-order valence-corrected chi connectivity index (χ3v) is 3.25. The number of ether oxygens (including phenoxy) is 1. The van der Waals surface area contributed by atoms with Crippen LogP contribution in [0.4, 0.5) is 27.6 Å². The predicted octanol–water partition coefficient (Wildman–Crippen LogP) is 2.32. The fourth-order valence-corrected chi connectivity index (χ4v) is 2.46. The van der Waals surface area contributed by atoms with Crippen LogP contribution in [0.15, 0.2) is 0 Å². The van der Waals surface area contributed by atoms with Crippen molar-refractivity contribution in [1.29, 1.82) is 0 Å². The summed E-state index contributed by atoms with van der Waals surface area (Å²) in [5.74, 6) is -9.79. The second-order valence-electron chi connectivity index (χ2n) is 5.53. The first kappa shape index (κ1) is 16.0. The van der Waals surface area contributed by atoms with Gasteiger partial charge >= 0.3 is 0 Å². The first-order chi connectivity index (χ1) is 9.68. The molecule has 2 rings (SSSR count). The number of benzene rings is 1. The van der Waals surface area contributed by atoms with Crippen molar-refractivity contribution in [2.45, 2.75) is 25.6 Å². The molecule has 8 heteroatoms. The van der Waals surface area contributed by atoms with Crippen molar-refractivity contribution in [2.24, 2.45) is 5.73 Å². The monoisotopic (exact) mass is 310 g/mol. The smallest absolute Gasteiger partial charge is 0.200 e. The standard InChI is InChI=1S/C13H15F5N2O/c1-13(2)5-20(4-6(3-19)21-13)12-10(17)8(15)7(14)9(16)11(12)18/h6H,3-5,19H2,1-2H3. The highest BCUT2D eigenvalue weighted by molar-refractivity contribution is 5.51. The van der Waals surface area contributed by atoms with Crippen LogP contribution in [0.25, 0.3) is 0 Å². The third kappa shape index (κ3) is 2.82. The van der Waals surface area contributed by atoms with Gasteiger partial charge in [-0.15, -0.1) is 0 Å². The summed E-state index contributed by atoms with van der Waals surface area (Å²) in [7, 11) is 0. The van der Waals surface area contributed by atoms with Gasteiger partial charge in [0.05, 0.1) is 11.7 Å². The molecule has 0 bridgehead atoms. The van der Waals surface area contributed by atoms with Gasteiger partial charge in [-0.2, -0.15) is 0 Å². The van der Waals surface area contributed by atoms with Gasteiger partial charge in [-0.25, -0.2) is 22.0 Å². The molecular weight excluding hydrogens is 295 g/mol. The van der Waals surface area contributed by atoms with E-state index < -0.39 is 46.5 Å². The summed E-state index contributed by atoms with van der Waals surface area (Å²) in [5, 5.41) is 0. The number of halogens is 5. The molecule has 1 aromatic rings. The summed E-state index contributed by atoms with van der Waals surface area (Å²) in [6.07, 6.45) is -0.566. The average molecular weight is 310 g/mol. The van der Waals surface area contributed by atoms with Crippen molar-refractivity contribution in [2.75, 3.05) is 24.5 Å². The lowest BCUT2D eigenvalue weighted by atomic mass is 10.0. The molecule has 0 radical (unpaired) electrons. The van der Waals surface area contributed by atoms with Gasteiger partial charge in [0.25, 0.3) is 0 Å². The van der Waals surface area contributed by atoms with Gasteiger partial charge in [0.1, 0.15) is 5.69 Å². The lowest BCUT2D eigenvalue weighted by Gasteiger charge is -2.43. The van der Waals surface area contributed by atoms with Crippen LogP contribution in [0, 0.1) is 29.1 Å². The van der Waals surface area contributed by atoms with Crippen LogP contribution in [0.1, 0.15) is 13.8 Å². The first-order valence-corrected chi connectivity index (χ1v) is 6.32. The van der Waals surface area contributed by atoms with Gasteiger partial charge < -0.3 is 15.4 Å². The molecule has 2 N–H and O–H groups in total.